The van der Waals surface area contributed by atoms with Crippen molar-refractivity contribution >= 4 is 12.3 Å². The lowest BCUT2D eigenvalue weighted by atomic mass is 9.62. The highest BCUT2D eigenvalue weighted by Gasteiger charge is 2.51. The largest absolute Gasteiger partial charge is 0.463 e. The summed E-state index contributed by atoms with van der Waals surface area (Å²) in [5.41, 5.74) is -0.198. The van der Waals surface area contributed by atoms with E-state index in [1.54, 1.807) is 6.92 Å². The summed E-state index contributed by atoms with van der Waals surface area (Å²) in [6.45, 7) is 14.5. The normalized spacial score (nSPS) is 34.7. The molecule has 7 heteroatoms. The summed E-state index contributed by atoms with van der Waals surface area (Å²) >= 11 is 0. The molecule has 0 bridgehead atoms. The van der Waals surface area contributed by atoms with Crippen molar-refractivity contribution < 1.29 is 28.5 Å². The van der Waals surface area contributed by atoms with E-state index in [0.717, 1.165) is 25.8 Å². The lowest BCUT2D eigenvalue weighted by Gasteiger charge is -2.51. The van der Waals surface area contributed by atoms with Crippen LogP contribution in [-0.4, -0.2) is 75.6 Å². The van der Waals surface area contributed by atoms with Crippen LogP contribution in [0.4, 0.5) is 0 Å². The minimum atomic E-state index is -0.771. The van der Waals surface area contributed by atoms with Crippen molar-refractivity contribution in [2.24, 2.45) is 22.7 Å². The van der Waals surface area contributed by atoms with Crippen LogP contribution in [0, 0.1) is 22.7 Å². The Labute approximate surface area is 186 Å². The van der Waals surface area contributed by atoms with Crippen molar-refractivity contribution in [3.8, 4) is 0 Å². The predicted molar refractivity (Wildman–Crippen MR) is 116 cm³/mol. The maximum absolute atomic E-state index is 13.0. The second-order valence-corrected chi connectivity index (χ2v) is 10.0. The zero-order chi connectivity index (χ0) is 22.6. The number of hydrogen-bond donors (Lipinski definition) is 0. The third kappa shape index (κ3) is 5.38. The number of morpholine rings is 1. The molecule has 3 aliphatic rings. The Balaban J connectivity index is 1.95. The van der Waals surface area contributed by atoms with Crippen molar-refractivity contribution in [1.29, 1.82) is 0 Å². The molecule has 7 nitrogen and oxygen atoms in total. The summed E-state index contributed by atoms with van der Waals surface area (Å²) in [4.78, 5) is 27.7. The monoisotopic (exact) mass is 437 g/mol. The minimum Gasteiger partial charge on any atom is -0.463 e. The van der Waals surface area contributed by atoms with E-state index in [2.05, 4.69) is 25.7 Å². The maximum Gasteiger partial charge on any atom is 0.333 e. The molecule has 0 saturated carbocycles. The molecule has 0 radical (unpaired) electrons. The van der Waals surface area contributed by atoms with Gasteiger partial charge in [0.25, 0.3) is 0 Å². The molecular formula is C24H39NO6. The third-order valence-electron chi connectivity index (χ3n) is 6.87. The van der Waals surface area contributed by atoms with Gasteiger partial charge in [-0.15, -0.1) is 0 Å². The van der Waals surface area contributed by atoms with Gasteiger partial charge in [-0.25, -0.2) is 4.79 Å². The van der Waals surface area contributed by atoms with Gasteiger partial charge in [0.2, 0.25) is 0 Å². The van der Waals surface area contributed by atoms with Gasteiger partial charge < -0.3 is 23.7 Å². The first-order chi connectivity index (χ1) is 14.7. The molecule has 0 spiro atoms. The molecule has 1 aliphatic carbocycles. The fourth-order valence-corrected chi connectivity index (χ4v) is 5.37. The molecule has 0 aromatic heterocycles. The van der Waals surface area contributed by atoms with Crippen LogP contribution in [0.1, 0.15) is 47.5 Å². The highest BCUT2D eigenvalue weighted by Crippen LogP contribution is 2.47. The summed E-state index contributed by atoms with van der Waals surface area (Å²) in [5.74, 6) is -0.341. The fourth-order valence-electron chi connectivity index (χ4n) is 5.37. The molecule has 0 aromatic rings. The smallest absolute Gasteiger partial charge is 0.333 e. The van der Waals surface area contributed by atoms with Crippen LogP contribution in [0.2, 0.25) is 0 Å². The number of hydrogen-bond acceptors (Lipinski definition) is 7. The first-order valence-electron chi connectivity index (χ1n) is 11.7. The van der Waals surface area contributed by atoms with E-state index in [1.807, 2.05) is 13.0 Å². The van der Waals surface area contributed by atoms with Gasteiger partial charge in [-0.05, 0) is 25.7 Å². The Morgan fingerprint density at radius 1 is 1.19 bits per heavy atom. The number of nitrogens with zero attached hydrogens (tertiary/aromatic N) is 1. The van der Waals surface area contributed by atoms with Gasteiger partial charge in [-0.3, -0.25) is 4.90 Å². The Morgan fingerprint density at radius 3 is 2.39 bits per heavy atom. The second-order valence-electron chi connectivity index (χ2n) is 10.0. The van der Waals surface area contributed by atoms with Crippen LogP contribution in [0.15, 0.2) is 11.6 Å². The summed E-state index contributed by atoms with van der Waals surface area (Å²) < 4.78 is 23.0. The van der Waals surface area contributed by atoms with E-state index in [1.165, 1.54) is 0 Å². The van der Waals surface area contributed by atoms with Crippen LogP contribution in [0.5, 0.6) is 0 Å². The number of rotatable bonds is 7. The molecule has 0 aromatic carbocycles. The van der Waals surface area contributed by atoms with E-state index < -0.39 is 5.41 Å². The number of aldehydes is 1. The van der Waals surface area contributed by atoms with Crippen LogP contribution in [0.3, 0.4) is 0 Å². The average Bonchev–Trinajstić information content (AvgIpc) is 2.76. The Morgan fingerprint density at radius 2 is 1.84 bits per heavy atom. The van der Waals surface area contributed by atoms with Gasteiger partial charge in [-0.1, -0.05) is 33.3 Å². The van der Waals surface area contributed by atoms with E-state index in [0.29, 0.717) is 45.0 Å². The van der Waals surface area contributed by atoms with Crippen molar-refractivity contribution in [3.63, 3.8) is 0 Å². The third-order valence-corrected chi connectivity index (χ3v) is 6.87. The summed E-state index contributed by atoms with van der Waals surface area (Å²) in [5, 5.41) is 0. The lowest BCUT2D eigenvalue weighted by Crippen LogP contribution is -2.59. The average molecular weight is 438 g/mol. The molecule has 31 heavy (non-hydrogen) atoms. The summed E-state index contributed by atoms with van der Waals surface area (Å²) in [6, 6.07) is -0.0119. The highest BCUT2D eigenvalue weighted by atomic mass is 16.7. The van der Waals surface area contributed by atoms with Crippen molar-refractivity contribution in [1.82, 2.24) is 4.90 Å². The standard InChI is InChI=1S/C24H39NO6/c1-6-17-18(12-20-30-15-23(3,4)16-31-20)19(22(27)29-7-2)13-24(5,14-26)21(17)25-8-10-28-11-9-25/h13-14,17-18,20-21H,6-12,15-16H2,1-5H3. The number of carbonyl (C=O) groups is 2. The van der Waals surface area contributed by atoms with Crippen LogP contribution in [-0.2, 0) is 28.5 Å². The van der Waals surface area contributed by atoms with E-state index in [4.69, 9.17) is 18.9 Å². The molecule has 3 rings (SSSR count). The van der Waals surface area contributed by atoms with Crippen LogP contribution < -0.4 is 0 Å². The quantitative estimate of drug-likeness (QED) is 0.448. The lowest BCUT2D eigenvalue weighted by molar-refractivity contribution is -0.229. The minimum absolute atomic E-state index is 0.0119. The van der Waals surface area contributed by atoms with E-state index >= 15 is 0 Å². The molecule has 0 N–H and O–H groups in total. The summed E-state index contributed by atoms with van der Waals surface area (Å²) in [6.07, 6.45) is 3.92. The Kier molecular flexibility index (Phi) is 7.95. The number of esters is 1. The van der Waals surface area contributed by atoms with Crippen LogP contribution >= 0.6 is 0 Å². The van der Waals surface area contributed by atoms with Gasteiger partial charge in [0.05, 0.1) is 38.4 Å². The summed E-state index contributed by atoms with van der Waals surface area (Å²) in [7, 11) is 0. The molecule has 4 unspecified atom stereocenters. The highest BCUT2D eigenvalue weighted by molar-refractivity contribution is 5.90. The molecule has 4 atom stereocenters. The van der Waals surface area contributed by atoms with Crippen molar-refractivity contribution in [2.75, 3.05) is 46.1 Å². The fraction of sp³-hybridized carbons (Fsp3) is 0.833. The van der Waals surface area contributed by atoms with Gasteiger partial charge in [0.15, 0.2) is 6.29 Å². The van der Waals surface area contributed by atoms with Gasteiger partial charge in [-0.2, -0.15) is 0 Å². The maximum atomic E-state index is 13.0. The van der Waals surface area contributed by atoms with Crippen molar-refractivity contribution in [2.45, 2.75) is 59.8 Å². The van der Waals surface area contributed by atoms with Gasteiger partial charge >= 0.3 is 5.97 Å². The molecule has 0 amide bonds. The SMILES string of the molecule is CCOC(=O)C1=CC(C)(C=O)C(N2CCOCC2)C(CC)C1CC1OCC(C)(C)CO1. The van der Waals surface area contributed by atoms with Gasteiger partial charge in [0.1, 0.15) is 6.29 Å². The molecule has 2 heterocycles. The van der Waals surface area contributed by atoms with Crippen molar-refractivity contribution in [3.05, 3.63) is 11.6 Å². The Hall–Kier alpha value is -1.28. The Bertz CT molecular complexity index is 661. The van der Waals surface area contributed by atoms with Gasteiger partial charge in [0, 0.05) is 36.5 Å². The molecule has 2 saturated heterocycles. The van der Waals surface area contributed by atoms with E-state index in [-0.39, 0.29) is 35.6 Å². The molecule has 176 valence electrons. The zero-order valence-electron chi connectivity index (χ0n) is 19.7. The first-order valence-corrected chi connectivity index (χ1v) is 11.7. The predicted octanol–water partition coefficient (Wildman–Crippen LogP) is 2.83. The zero-order valence-corrected chi connectivity index (χ0v) is 19.7. The second kappa shape index (κ2) is 10.1. The number of ether oxygens (including phenoxy) is 4. The molecule has 2 aliphatic heterocycles. The molecule has 2 fully saturated rings. The topological polar surface area (TPSA) is 74.3 Å². The first kappa shape index (κ1) is 24.4. The van der Waals surface area contributed by atoms with Crippen LogP contribution in [0.25, 0.3) is 0 Å². The van der Waals surface area contributed by atoms with E-state index in [9.17, 15) is 9.59 Å². The molecular weight excluding hydrogens is 398 g/mol. The number of carbonyl (C=O) groups excluding carboxylic acids is 2.